The molecular formula is C15H15NO4. The van der Waals surface area contributed by atoms with E-state index in [0.717, 1.165) is 0 Å². The largest absolute Gasteiger partial charge is 0.439 e. The quantitative estimate of drug-likeness (QED) is 0.781. The van der Waals surface area contributed by atoms with Crippen LogP contribution in [-0.4, -0.2) is 32.1 Å². The molecule has 0 bridgehead atoms. The number of anilines is 1. The molecule has 1 aliphatic rings. The highest BCUT2D eigenvalue weighted by atomic mass is 16.5. The van der Waals surface area contributed by atoms with Crippen LogP contribution in [0.5, 0.6) is 0 Å². The van der Waals surface area contributed by atoms with E-state index in [4.69, 9.17) is 9.15 Å². The Kier molecular flexibility index (Phi) is 3.28. The number of benzene rings is 1. The lowest BCUT2D eigenvalue weighted by molar-refractivity contribution is 0.101. The minimum Gasteiger partial charge on any atom is -0.439 e. The number of carbonyl (C=O) groups is 1. The Morgan fingerprint density at radius 3 is 2.60 bits per heavy atom. The van der Waals surface area contributed by atoms with Crippen molar-refractivity contribution in [3.05, 3.63) is 40.1 Å². The van der Waals surface area contributed by atoms with Gasteiger partial charge in [-0.25, -0.2) is 0 Å². The Morgan fingerprint density at radius 1 is 1.20 bits per heavy atom. The number of carbonyl (C=O) groups excluding carboxylic acids is 1. The van der Waals surface area contributed by atoms with Crippen LogP contribution in [-0.2, 0) is 4.74 Å². The van der Waals surface area contributed by atoms with Gasteiger partial charge in [-0.1, -0.05) is 12.1 Å². The van der Waals surface area contributed by atoms with Crippen molar-refractivity contribution in [2.24, 2.45) is 0 Å². The summed E-state index contributed by atoms with van der Waals surface area (Å²) >= 11 is 0. The van der Waals surface area contributed by atoms with E-state index >= 15 is 0 Å². The molecule has 3 rings (SSSR count). The number of para-hydroxylation sites is 1. The average Bonchev–Trinajstić information content (AvgIpc) is 2.47. The molecule has 2 aromatic rings. The predicted octanol–water partition coefficient (Wildman–Crippen LogP) is 1.83. The molecule has 0 N–H and O–H groups in total. The normalized spacial score (nSPS) is 15.6. The maximum atomic E-state index is 12.5. The van der Waals surface area contributed by atoms with E-state index in [0.29, 0.717) is 43.2 Å². The van der Waals surface area contributed by atoms with Crippen LogP contribution < -0.4 is 10.3 Å². The van der Waals surface area contributed by atoms with E-state index in [1.165, 1.54) is 6.92 Å². The maximum Gasteiger partial charge on any atom is 0.211 e. The second kappa shape index (κ2) is 5.09. The molecule has 1 fully saturated rings. The number of nitrogens with zero attached hydrogens (tertiary/aromatic N) is 1. The van der Waals surface area contributed by atoms with Gasteiger partial charge in [0, 0.05) is 13.1 Å². The molecule has 1 saturated heterocycles. The first-order chi connectivity index (χ1) is 9.68. The summed E-state index contributed by atoms with van der Waals surface area (Å²) in [4.78, 5) is 26.2. The summed E-state index contributed by atoms with van der Waals surface area (Å²) in [5.41, 5.74) is 0.371. The molecule has 20 heavy (non-hydrogen) atoms. The SMILES string of the molecule is CC(=O)c1c(N2CCOCC2)oc2ccccc2c1=O. The lowest BCUT2D eigenvalue weighted by Crippen LogP contribution is -2.38. The molecule has 1 aromatic carbocycles. The Hall–Kier alpha value is -2.14. The van der Waals surface area contributed by atoms with Crippen LogP contribution in [0.25, 0.3) is 11.0 Å². The van der Waals surface area contributed by atoms with E-state index in [1.807, 2.05) is 11.0 Å². The first-order valence-corrected chi connectivity index (χ1v) is 6.58. The summed E-state index contributed by atoms with van der Waals surface area (Å²) < 4.78 is 11.1. The van der Waals surface area contributed by atoms with E-state index in [9.17, 15) is 9.59 Å². The van der Waals surface area contributed by atoms with Crippen molar-refractivity contribution in [1.82, 2.24) is 0 Å². The van der Waals surface area contributed by atoms with Crippen LogP contribution in [0.1, 0.15) is 17.3 Å². The van der Waals surface area contributed by atoms with Crippen LogP contribution in [0.3, 0.4) is 0 Å². The highest BCUT2D eigenvalue weighted by molar-refractivity contribution is 6.01. The zero-order valence-corrected chi connectivity index (χ0v) is 11.2. The van der Waals surface area contributed by atoms with Crippen LogP contribution in [0.15, 0.2) is 33.5 Å². The van der Waals surface area contributed by atoms with E-state index in [2.05, 4.69) is 0 Å². The van der Waals surface area contributed by atoms with Crippen molar-refractivity contribution in [3.63, 3.8) is 0 Å². The Balaban J connectivity index is 2.26. The third-order valence-corrected chi connectivity index (χ3v) is 3.43. The van der Waals surface area contributed by atoms with Crippen molar-refractivity contribution in [3.8, 4) is 0 Å². The van der Waals surface area contributed by atoms with E-state index in [-0.39, 0.29) is 16.8 Å². The van der Waals surface area contributed by atoms with Crippen LogP contribution in [0, 0.1) is 0 Å². The molecular weight excluding hydrogens is 258 g/mol. The third kappa shape index (κ3) is 2.10. The minimum atomic E-state index is -0.272. The van der Waals surface area contributed by atoms with Gasteiger partial charge in [0.25, 0.3) is 0 Å². The summed E-state index contributed by atoms with van der Waals surface area (Å²) in [5, 5.41) is 0.440. The van der Waals surface area contributed by atoms with Crippen molar-refractivity contribution >= 4 is 22.6 Å². The summed E-state index contributed by atoms with van der Waals surface area (Å²) in [6, 6.07) is 6.99. The van der Waals surface area contributed by atoms with Gasteiger partial charge in [0.05, 0.1) is 18.6 Å². The standard InChI is InChI=1S/C15H15NO4/c1-10(17)13-14(18)11-4-2-3-5-12(11)20-15(13)16-6-8-19-9-7-16/h2-5H,6-9H2,1H3. The van der Waals surface area contributed by atoms with Gasteiger partial charge in [0.2, 0.25) is 11.3 Å². The van der Waals surface area contributed by atoms with Gasteiger partial charge in [-0.05, 0) is 19.1 Å². The number of ketones is 1. The lowest BCUT2D eigenvalue weighted by Gasteiger charge is -2.28. The molecule has 0 radical (unpaired) electrons. The monoisotopic (exact) mass is 273 g/mol. The van der Waals surface area contributed by atoms with Crippen molar-refractivity contribution in [2.75, 3.05) is 31.2 Å². The number of hydrogen-bond acceptors (Lipinski definition) is 5. The van der Waals surface area contributed by atoms with Gasteiger partial charge >= 0.3 is 0 Å². The molecule has 5 nitrogen and oxygen atoms in total. The topological polar surface area (TPSA) is 59.8 Å². The van der Waals surface area contributed by atoms with Gasteiger partial charge in [0.15, 0.2) is 5.78 Å². The lowest BCUT2D eigenvalue weighted by atomic mass is 10.1. The highest BCUT2D eigenvalue weighted by Crippen LogP contribution is 2.24. The highest BCUT2D eigenvalue weighted by Gasteiger charge is 2.23. The fourth-order valence-corrected chi connectivity index (χ4v) is 2.43. The molecule has 0 atom stereocenters. The average molecular weight is 273 g/mol. The fourth-order valence-electron chi connectivity index (χ4n) is 2.43. The summed E-state index contributed by atoms with van der Waals surface area (Å²) in [6.07, 6.45) is 0. The van der Waals surface area contributed by atoms with E-state index in [1.54, 1.807) is 18.2 Å². The number of morpholine rings is 1. The first-order valence-electron chi connectivity index (χ1n) is 6.58. The minimum absolute atomic E-state index is 0.130. The maximum absolute atomic E-state index is 12.5. The predicted molar refractivity (Wildman–Crippen MR) is 75.5 cm³/mol. The van der Waals surface area contributed by atoms with Gasteiger partial charge in [-0.2, -0.15) is 0 Å². The number of Topliss-reactive ketones (excluding diaryl/α,β-unsaturated/α-hetero) is 1. The van der Waals surface area contributed by atoms with Crippen LogP contribution >= 0.6 is 0 Å². The molecule has 1 aliphatic heterocycles. The van der Waals surface area contributed by atoms with Gasteiger partial charge in [-0.15, -0.1) is 0 Å². The number of rotatable bonds is 2. The van der Waals surface area contributed by atoms with Crippen molar-refractivity contribution in [1.29, 1.82) is 0 Å². The van der Waals surface area contributed by atoms with Crippen LogP contribution in [0.4, 0.5) is 5.88 Å². The molecule has 1 aromatic heterocycles. The fraction of sp³-hybridized carbons (Fsp3) is 0.333. The summed E-state index contributed by atoms with van der Waals surface area (Å²) in [6.45, 7) is 3.75. The smallest absolute Gasteiger partial charge is 0.211 e. The first kappa shape index (κ1) is 12.9. The Labute approximate surface area is 115 Å². The Bertz CT molecular complexity index is 713. The summed E-state index contributed by atoms with van der Waals surface area (Å²) in [5.74, 6) is 0.0931. The van der Waals surface area contributed by atoms with Gasteiger partial charge in [0.1, 0.15) is 11.1 Å². The molecule has 104 valence electrons. The second-order valence-electron chi connectivity index (χ2n) is 4.76. The van der Waals surface area contributed by atoms with E-state index < -0.39 is 0 Å². The van der Waals surface area contributed by atoms with Crippen molar-refractivity contribution < 1.29 is 13.9 Å². The van der Waals surface area contributed by atoms with Gasteiger partial charge in [-0.3, -0.25) is 9.59 Å². The van der Waals surface area contributed by atoms with Gasteiger partial charge < -0.3 is 14.1 Å². The molecule has 0 spiro atoms. The second-order valence-corrected chi connectivity index (χ2v) is 4.76. The zero-order valence-electron chi connectivity index (χ0n) is 11.2. The number of ether oxygens (including phenoxy) is 1. The summed E-state index contributed by atoms with van der Waals surface area (Å²) in [7, 11) is 0. The molecule has 0 amide bonds. The molecule has 0 unspecified atom stereocenters. The molecule has 5 heteroatoms. The molecule has 2 heterocycles. The van der Waals surface area contributed by atoms with Crippen molar-refractivity contribution in [2.45, 2.75) is 6.92 Å². The van der Waals surface area contributed by atoms with Crippen LogP contribution in [0.2, 0.25) is 0 Å². The number of fused-ring (bicyclic) bond motifs is 1. The zero-order chi connectivity index (χ0) is 14.1. The number of hydrogen-bond donors (Lipinski definition) is 0. The third-order valence-electron chi connectivity index (χ3n) is 3.43. The molecule has 0 saturated carbocycles. The molecule has 0 aliphatic carbocycles. The Morgan fingerprint density at radius 2 is 1.90 bits per heavy atom.